The minimum atomic E-state index is -1.32. The number of carbonyl (C=O) groups is 2. The molecule has 0 fully saturated rings. The van der Waals surface area contributed by atoms with Gasteiger partial charge < -0.3 is 33.5 Å². The van der Waals surface area contributed by atoms with Crippen molar-refractivity contribution in [2.24, 2.45) is 0 Å². The lowest BCUT2D eigenvalue weighted by Crippen LogP contribution is -2.19. The first-order valence-electron chi connectivity index (χ1n) is 12.6. The first-order valence-corrected chi connectivity index (χ1v) is 12.6. The molecule has 1 aliphatic heterocycles. The van der Waals surface area contributed by atoms with Gasteiger partial charge >= 0.3 is 5.97 Å². The van der Waals surface area contributed by atoms with Crippen molar-refractivity contribution in [2.45, 2.75) is 6.10 Å². The maximum Gasteiger partial charge on any atom is 0.336 e. The number of ketones is 1. The SMILES string of the molecule is C=CCOc1ccc(C(OC)C(C(=O)c2ccc(OC)cc2)=C(C(=O)O)c2ccc3c(c2)OCO3)cc1OCC=C. The predicted octanol–water partition coefficient (Wildman–Crippen LogP) is 5.66. The first kappa shape index (κ1) is 29.0. The molecule has 9 nitrogen and oxygen atoms in total. The summed E-state index contributed by atoms with van der Waals surface area (Å²) in [5, 5.41) is 10.5. The standard InChI is InChI=1S/C32H30O9/c1-5-15-38-24-14-10-22(18-26(24)39-16-6-2)31(37-4)29(30(33)20-7-11-23(36-3)12-8-20)28(32(34)35)21-9-13-25-27(17-21)41-19-40-25/h5-14,17-18,31H,1-2,15-16,19H2,3-4H3,(H,34,35). The van der Waals surface area contributed by atoms with Gasteiger partial charge in [0.05, 0.1) is 12.7 Å². The minimum absolute atomic E-state index is 0.0109. The molecule has 0 radical (unpaired) electrons. The molecule has 212 valence electrons. The Morgan fingerprint density at radius 3 is 2.17 bits per heavy atom. The van der Waals surface area contributed by atoms with Crippen LogP contribution >= 0.6 is 0 Å². The van der Waals surface area contributed by atoms with E-state index < -0.39 is 17.9 Å². The molecule has 1 unspecified atom stereocenters. The second kappa shape index (κ2) is 13.4. The van der Waals surface area contributed by atoms with Crippen LogP contribution in [0.4, 0.5) is 0 Å². The summed E-state index contributed by atoms with van der Waals surface area (Å²) in [7, 11) is 2.91. The average molecular weight is 559 g/mol. The number of carbonyl (C=O) groups excluding carboxylic acids is 1. The molecule has 3 aromatic carbocycles. The maximum absolute atomic E-state index is 14.2. The van der Waals surface area contributed by atoms with Crippen LogP contribution in [0.25, 0.3) is 5.57 Å². The van der Waals surface area contributed by atoms with Gasteiger partial charge in [-0.25, -0.2) is 4.79 Å². The Bertz CT molecular complexity index is 1470. The number of rotatable bonds is 14. The highest BCUT2D eigenvalue weighted by molar-refractivity contribution is 6.26. The number of aliphatic carboxylic acids is 1. The van der Waals surface area contributed by atoms with Gasteiger partial charge in [0.2, 0.25) is 6.79 Å². The van der Waals surface area contributed by atoms with Crippen LogP contribution in [0.3, 0.4) is 0 Å². The Morgan fingerprint density at radius 1 is 0.878 bits per heavy atom. The highest BCUT2D eigenvalue weighted by Gasteiger charge is 2.32. The van der Waals surface area contributed by atoms with E-state index in [2.05, 4.69) is 13.2 Å². The highest BCUT2D eigenvalue weighted by Crippen LogP contribution is 2.41. The Balaban J connectivity index is 1.93. The fourth-order valence-electron chi connectivity index (χ4n) is 4.35. The summed E-state index contributed by atoms with van der Waals surface area (Å²) < 4.78 is 33.5. The molecular formula is C32H30O9. The van der Waals surface area contributed by atoms with Crippen LogP contribution in [0.2, 0.25) is 0 Å². The van der Waals surface area contributed by atoms with Gasteiger partial charge in [-0.1, -0.05) is 37.4 Å². The number of hydrogen-bond donors (Lipinski definition) is 1. The topological polar surface area (TPSA) is 110 Å². The molecule has 0 amide bonds. The van der Waals surface area contributed by atoms with Gasteiger partial charge in [-0.2, -0.15) is 0 Å². The third-order valence-electron chi connectivity index (χ3n) is 6.22. The van der Waals surface area contributed by atoms with Crippen LogP contribution in [0, 0.1) is 0 Å². The lowest BCUT2D eigenvalue weighted by molar-refractivity contribution is -0.130. The average Bonchev–Trinajstić information content (AvgIpc) is 3.47. The molecule has 1 aliphatic rings. The van der Waals surface area contributed by atoms with E-state index in [1.807, 2.05) is 0 Å². The molecule has 9 heteroatoms. The summed E-state index contributed by atoms with van der Waals surface area (Å²) in [4.78, 5) is 27.0. The van der Waals surface area contributed by atoms with Crippen LogP contribution in [0.15, 0.2) is 91.5 Å². The number of benzene rings is 3. The van der Waals surface area contributed by atoms with Crippen molar-refractivity contribution in [3.8, 4) is 28.7 Å². The van der Waals surface area contributed by atoms with Gasteiger partial charge in [0.15, 0.2) is 28.8 Å². The molecule has 3 aromatic rings. The molecule has 0 aromatic heterocycles. The molecule has 41 heavy (non-hydrogen) atoms. The minimum Gasteiger partial charge on any atom is -0.497 e. The molecule has 1 heterocycles. The predicted molar refractivity (Wildman–Crippen MR) is 152 cm³/mol. The zero-order valence-corrected chi connectivity index (χ0v) is 22.8. The van der Waals surface area contributed by atoms with Crippen LogP contribution in [0.5, 0.6) is 28.7 Å². The largest absolute Gasteiger partial charge is 0.497 e. The molecule has 0 aliphatic carbocycles. The molecule has 1 atom stereocenters. The molecule has 0 bridgehead atoms. The van der Waals surface area contributed by atoms with Crippen molar-refractivity contribution in [1.29, 1.82) is 0 Å². The van der Waals surface area contributed by atoms with Crippen molar-refractivity contribution in [2.75, 3.05) is 34.2 Å². The summed E-state index contributed by atoms with van der Waals surface area (Å²) in [6, 6.07) is 16.1. The maximum atomic E-state index is 14.2. The lowest BCUT2D eigenvalue weighted by Gasteiger charge is -2.23. The van der Waals surface area contributed by atoms with Crippen LogP contribution in [0.1, 0.15) is 27.6 Å². The summed E-state index contributed by atoms with van der Waals surface area (Å²) in [6.45, 7) is 7.80. The normalized spacial score (nSPS) is 13.0. The third-order valence-corrected chi connectivity index (χ3v) is 6.22. The van der Waals surface area contributed by atoms with E-state index in [-0.39, 0.29) is 42.3 Å². The van der Waals surface area contributed by atoms with E-state index in [0.29, 0.717) is 34.3 Å². The number of methoxy groups -OCH3 is 2. The third kappa shape index (κ3) is 6.42. The smallest absolute Gasteiger partial charge is 0.336 e. The molecular weight excluding hydrogens is 528 g/mol. The van der Waals surface area contributed by atoms with Crippen molar-refractivity contribution in [3.63, 3.8) is 0 Å². The van der Waals surface area contributed by atoms with Crippen LogP contribution in [-0.2, 0) is 9.53 Å². The summed E-state index contributed by atoms with van der Waals surface area (Å²) in [6.07, 6.45) is 2.07. The fourth-order valence-corrected chi connectivity index (χ4v) is 4.35. The Hall–Kier alpha value is -5.02. The van der Waals surface area contributed by atoms with Crippen LogP contribution < -0.4 is 23.7 Å². The van der Waals surface area contributed by atoms with Gasteiger partial charge in [-0.15, -0.1) is 0 Å². The quantitative estimate of drug-likeness (QED) is 0.152. The molecule has 4 rings (SSSR count). The van der Waals surface area contributed by atoms with Crippen molar-refractivity contribution in [1.82, 2.24) is 0 Å². The van der Waals surface area contributed by atoms with E-state index in [1.165, 1.54) is 20.3 Å². The molecule has 0 spiro atoms. The van der Waals surface area contributed by atoms with Crippen molar-refractivity contribution < 1.29 is 43.1 Å². The van der Waals surface area contributed by atoms with Gasteiger partial charge in [0.25, 0.3) is 0 Å². The van der Waals surface area contributed by atoms with Crippen molar-refractivity contribution >= 4 is 17.3 Å². The van der Waals surface area contributed by atoms with Gasteiger partial charge in [0, 0.05) is 18.2 Å². The van der Waals surface area contributed by atoms with Gasteiger partial charge in [-0.05, 0) is 59.7 Å². The number of hydrogen-bond acceptors (Lipinski definition) is 8. The van der Waals surface area contributed by atoms with Crippen LogP contribution in [-0.4, -0.2) is 51.1 Å². The molecule has 1 N–H and O–H groups in total. The summed E-state index contributed by atoms with van der Waals surface area (Å²) >= 11 is 0. The van der Waals surface area contributed by atoms with Gasteiger partial charge in [-0.3, -0.25) is 4.79 Å². The fraction of sp³-hybridized carbons (Fsp3) is 0.188. The highest BCUT2D eigenvalue weighted by atomic mass is 16.7. The zero-order valence-electron chi connectivity index (χ0n) is 22.8. The van der Waals surface area contributed by atoms with Crippen molar-refractivity contribution in [3.05, 3.63) is 108 Å². The number of carboxylic acids is 1. The Morgan fingerprint density at radius 2 is 1.54 bits per heavy atom. The number of carboxylic acid groups (broad SMARTS) is 1. The lowest BCUT2D eigenvalue weighted by atomic mass is 9.87. The molecule has 0 saturated heterocycles. The molecule has 0 saturated carbocycles. The second-order valence-electron chi connectivity index (χ2n) is 8.74. The van der Waals surface area contributed by atoms with E-state index in [4.69, 9.17) is 28.4 Å². The number of fused-ring (bicyclic) bond motifs is 1. The van der Waals surface area contributed by atoms with E-state index in [1.54, 1.807) is 66.7 Å². The zero-order chi connectivity index (χ0) is 29.4. The number of Topliss-reactive ketones (excluding diaryl/α,β-unsaturated/α-hetero) is 1. The van der Waals surface area contributed by atoms with E-state index in [0.717, 1.165) is 0 Å². The monoisotopic (exact) mass is 558 g/mol. The van der Waals surface area contributed by atoms with E-state index in [9.17, 15) is 14.7 Å². The Labute approximate surface area is 237 Å². The second-order valence-corrected chi connectivity index (χ2v) is 8.74. The summed E-state index contributed by atoms with van der Waals surface area (Å²) in [5.74, 6) is 0.323. The van der Waals surface area contributed by atoms with Gasteiger partial charge in [0.1, 0.15) is 25.1 Å². The summed E-state index contributed by atoms with van der Waals surface area (Å²) in [5.41, 5.74) is 0.606. The Kier molecular flexibility index (Phi) is 9.44. The first-order chi connectivity index (χ1) is 19.9. The number of ether oxygens (including phenoxy) is 6. The van der Waals surface area contributed by atoms with E-state index >= 15 is 0 Å².